The maximum absolute atomic E-state index is 11.0. The number of aromatic nitrogens is 1. The van der Waals surface area contributed by atoms with Gasteiger partial charge in [-0.1, -0.05) is 0 Å². The summed E-state index contributed by atoms with van der Waals surface area (Å²) in [6.07, 6.45) is 1.01. The van der Waals surface area contributed by atoms with Crippen LogP contribution in [0.2, 0.25) is 0 Å². The van der Waals surface area contributed by atoms with E-state index in [1.54, 1.807) is 0 Å². The molecule has 4 nitrogen and oxygen atoms in total. The minimum Gasteiger partial charge on any atom is -0.408 e. The zero-order valence-electron chi connectivity index (χ0n) is 7.59. The summed E-state index contributed by atoms with van der Waals surface area (Å²) in [4.78, 5) is 13.6. The van der Waals surface area contributed by atoms with Crippen molar-refractivity contribution in [2.24, 2.45) is 0 Å². The summed E-state index contributed by atoms with van der Waals surface area (Å²) in [6.45, 7) is 1.86. The Morgan fingerprint density at radius 1 is 1.29 bits per heavy atom. The molecule has 0 aliphatic carbocycles. The molecule has 3 rings (SSSR count). The summed E-state index contributed by atoms with van der Waals surface area (Å²) < 4.78 is 5.00. The summed E-state index contributed by atoms with van der Waals surface area (Å²) in [7, 11) is 0. The summed E-state index contributed by atoms with van der Waals surface area (Å²) >= 11 is 0. The third-order valence-corrected chi connectivity index (χ3v) is 2.63. The fraction of sp³-hybridized carbons (Fsp3) is 0.300. The molecule has 14 heavy (non-hydrogen) atoms. The molecule has 0 unspecified atom stereocenters. The van der Waals surface area contributed by atoms with Crippen molar-refractivity contribution in [3.63, 3.8) is 0 Å². The van der Waals surface area contributed by atoms with E-state index in [4.69, 9.17) is 4.42 Å². The third-order valence-electron chi connectivity index (χ3n) is 2.63. The highest BCUT2D eigenvalue weighted by Crippen LogP contribution is 2.20. The molecule has 0 saturated heterocycles. The van der Waals surface area contributed by atoms with E-state index in [-0.39, 0.29) is 5.76 Å². The number of H-pyrrole nitrogens is 1. The second kappa shape index (κ2) is 2.72. The Balaban J connectivity index is 2.31. The van der Waals surface area contributed by atoms with E-state index in [1.807, 2.05) is 12.1 Å². The van der Waals surface area contributed by atoms with E-state index in [9.17, 15) is 4.79 Å². The van der Waals surface area contributed by atoms with Gasteiger partial charge in [0.15, 0.2) is 5.58 Å². The molecule has 4 heteroatoms. The summed E-state index contributed by atoms with van der Waals surface area (Å²) in [5.41, 5.74) is 3.98. The van der Waals surface area contributed by atoms with E-state index in [0.29, 0.717) is 5.58 Å². The average molecular weight is 190 g/mol. The van der Waals surface area contributed by atoms with Crippen molar-refractivity contribution in [1.29, 1.82) is 0 Å². The minimum atomic E-state index is -0.379. The predicted molar refractivity (Wildman–Crippen MR) is 52.2 cm³/mol. The molecule has 0 amide bonds. The molecule has 1 aliphatic heterocycles. The molecule has 2 N–H and O–H groups in total. The molecule has 0 bridgehead atoms. The van der Waals surface area contributed by atoms with Gasteiger partial charge in [-0.2, -0.15) is 0 Å². The molecule has 2 aromatic rings. The molecular formula is C10H10N2O2. The van der Waals surface area contributed by atoms with Crippen LogP contribution in [-0.2, 0) is 13.0 Å². The second-order valence-electron chi connectivity index (χ2n) is 3.56. The van der Waals surface area contributed by atoms with Crippen LogP contribution in [0.25, 0.3) is 11.1 Å². The van der Waals surface area contributed by atoms with Crippen LogP contribution < -0.4 is 11.1 Å². The first-order chi connectivity index (χ1) is 6.83. The minimum absolute atomic E-state index is 0.379. The van der Waals surface area contributed by atoms with Gasteiger partial charge in [0.1, 0.15) is 0 Å². The van der Waals surface area contributed by atoms with Gasteiger partial charge in [0.05, 0.1) is 5.52 Å². The van der Waals surface area contributed by atoms with E-state index in [0.717, 1.165) is 25.0 Å². The first kappa shape index (κ1) is 7.82. The Morgan fingerprint density at radius 2 is 2.21 bits per heavy atom. The van der Waals surface area contributed by atoms with Crippen molar-refractivity contribution >= 4 is 11.1 Å². The van der Waals surface area contributed by atoms with Gasteiger partial charge >= 0.3 is 5.76 Å². The van der Waals surface area contributed by atoms with Crippen LogP contribution in [0.5, 0.6) is 0 Å². The van der Waals surface area contributed by atoms with Crippen LogP contribution in [0, 0.1) is 0 Å². The number of aromatic amines is 1. The number of rotatable bonds is 0. The number of nitrogens with one attached hydrogen (secondary N) is 2. The number of benzene rings is 1. The molecule has 1 aliphatic rings. The Kier molecular flexibility index (Phi) is 1.52. The molecule has 72 valence electrons. The first-order valence-electron chi connectivity index (χ1n) is 4.68. The lowest BCUT2D eigenvalue weighted by Gasteiger charge is -2.16. The number of hydrogen-bond acceptors (Lipinski definition) is 3. The lowest BCUT2D eigenvalue weighted by Crippen LogP contribution is -2.23. The van der Waals surface area contributed by atoms with Crippen molar-refractivity contribution in [2.45, 2.75) is 13.0 Å². The van der Waals surface area contributed by atoms with E-state index in [2.05, 4.69) is 10.3 Å². The van der Waals surface area contributed by atoms with Gasteiger partial charge in [-0.05, 0) is 36.2 Å². The average Bonchev–Trinajstić information content (AvgIpc) is 2.53. The van der Waals surface area contributed by atoms with E-state index >= 15 is 0 Å². The quantitative estimate of drug-likeness (QED) is 0.645. The molecule has 0 spiro atoms. The number of fused-ring (bicyclic) bond motifs is 2. The summed E-state index contributed by atoms with van der Waals surface area (Å²) in [5.74, 6) is -0.379. The predicted octanol–water partition coefficient (Wildman–Crippen LogP) is 0.767. The van der Waals surface area contributed by atoms with Crippen molar-refractivity contribution < 1.29 is 4.42 Å². The zero-order chi connectivity index (χ0) is 9.54. The lowest BCUT2D eigenvalue weighted by atomic mass is 10.0. The maximum Gasteiger partial charge on any atom is 0.417 e. The fourth-order valence-electron chi connectivity index (χ4n) is 1.93. The second-order valence-corrected chi connectivity index (χ2v) is 3.56. The SMILES string of the molecule is O=c1[nH]c2cc3c(cc2o1)CNCC3. The molecule has 0 fully saturated rings. The topological polar surface area (TPSA) is 58.0 Å². The molecule has 0 atom stereocenters. The highest BCUT2D eigenvalue weighted by Gasteiger charge is 2.11. The third kappa shape index (κ3) is 1.08. The Morgan fingerprint density at radius 3 is 3.14 bits per heavy atom. The normalized spacial score (nSPS) is 15.7. The Hall–Kier alpha value is -1.55. The molecule has 0 radical (unpaired) electrons. The van der Waals surface area contributed by atoms with Gasteiger partial charge < -0.3 is 9.73 Å². The summed E-state index contributed by atoms with van der Waals surface area (Å²) in [6, 6.07) is 3.95. The van der Waals surface area contributed by atoms with Crippen molar-refractivity contribution in [1.82, 2.24) is 10.3 Å². The summed E-state index contributed by atoms with van der Waals surface area (Å²) in [5, 5.41) is 3.28. The smallest absolute Gasteiger partial charge is 0.408 e. The van der Waals surface area contributed by atoms with Crippen molar-refractivity contribution in [3.05, 3.63) is 33.8 Å². The number of oxazole rings is 1. The lowest BCUT2D eigenvalue weighted by molar-refractivity contribution is 0.554. The van der Waals surface area contributed by atoms with Gasteiger partial charge in [0.25, 0.3) is 0 Å². The molecule has 0 saturated carbocycles. The van der Waals surface area contributed by atoms with Gasteiger partial charge in [-0.25, -0.2) is 4.79 Å². The van der Waals surface area contributed by atoms with Crippen LogP contribution in [-0.4, -0.2) is 11.5 Å². The van der Waals surface area contributed by atoms with Crippen LogP contribution >= 0.6 is 0 Å². The Bertz CT molecular complexity index is 493. The van der Waals surface area contributed by atoms with Crippen LogP contribution in [0.1, 0.15) is 11.1 Å². The largest absolute Gasteiger partial charge is 0.417 e. The molecule has 1 aromatic heterocycles. The van der Waals surface area contributed by atoms with Crippen LogP contribution in [0.4, 0.5) is 0 Å². The highest BCUT2D eigenvalue weighted by atomic mass is 16.4. The molecule has 1 aromatic carbocycles. The van der Waals surface area contributed by atoms with Crippen molar-refractivity contribution in [2.75, 3.05) is 6.54 Å². The maximum atomic E-state index is 11.0. The van der Waals surface area contributed by atoms with E-state index < -0.39 is 0 Å². The van der Waals surface area contributed by atoms with E-state index in [1.165, 1.54) is 11.1 Å². The van der Waals surface area contributed by atoms with Crippen LogP contribution in [0.15, 0.2) is 21.3 Å². The van der Waals surface area contributed by atoms with Gasteiger partial charge in [0, 0.05) is 6.54 Å². The van der Waals surface area contributed by atoms with Gasteiger partial charge in [-0.15, -0.1) is 0 Å². The fourth-order valence-corrected chi connectivity index (χ4v) is 1.93. The van der Waals surface area contributed by atoms with Crippen LogP contribution in [0.3, 0.4) is 0 Å². The monoisotopic (exact) mass is 190 g/mol. The number of hydrogen-bond donors (Lipinski definition) is 2. The van der Waals surface area contributed by atoms with Crippen molar-refractivity contribution in [3.8, 4) is 0 Å². The zero-order valence-corrected chi connectivity index (χ0v) is 7.59. The van der Waals surface area contributed by atoms with Gasteiger partial charge in [-0.3, -0.25) is 4.98 Å². The molecular weight excluding hydrogens is 180 g/mol. The standard InChI is InChI=1S/C10H10N2O2/c13-10-12-8-3-6-1-2-11-5-7(6)4-9(8)14-10/h3-4,11H,1-2,5H2,(H,12,13). The molecule has 2 heterocycles. The van der Waals surface area contributed by atoms with Gasteiger partial charge in [0.2, 0.25) is 0 Å². The highest BCUT2D eigenvalue weighted by molar-refractivity contribution is 5.74. The Labute approximate surface area is 79.9 Å². The first-order valence-corrected chi connectivity index (χ1v) is 4.68.